The molecule has 2 unspecified atom stereocenters. The van der Waals surface area contributed by atoms with E-state index in [1.165, 1.54) is 0 Å². The van der Waals surface area contributed by atoms with E-state index < -0.39 is 32.5 Å². The molecule has 0 heterocycles. The first-order chi connectivity index (χ1) is 49.0. The average Bonchev–Trinajstić information content (AvgIpc) is 1.07. The summed E-state index contributed by atoms with van der Waals surface area (Å²) < 4.78 is 34.2. The molecule has 0 saturated heterocycles. The maximum Gasteiger partial charge on any atom is 0.306 e. The van der Waals surface area contributed by atoms with Crippen molar-refractivity contribution in [1.82, 2.24) is 0 Å². The second-order valence-corrected chi connectivity index (χ2v) is 26.2. The number of phosphoric acid groups is 1. The number of hydrogen-bond donors (Lipinski definition) is 0. The summed E-state index contributed by atoms with van der Waals surface area (Å²) in [5.74, 6) is -0.950. The molecule has 0 bridgehead atoms. The molecule has 2 atom stereocenters. The average molecular weight is 1390 g/mol. The molecule has 9 nitrogen and oxygen atoms in total. The zero-order valence-corrected chi connectivity index (χ0v) is 63.6. The Bertz CT molecular complexity index is 2750. The van der Waals surface area contributed by atoms with Gasteiger partial charge in [0.15, 0.2) is 6.10 Å². The van der Waals surface area contributed by atoms with E-state index in [0.717, 1.165) is 180 Å². The molecule has 0 aliphatic carbocycles. The summed E-state index contributed by atoms with van der Waals surface area (Å²) in [5.41, 5.74) is 0. The number of esters is 2. The molecule has 100 heavy (non-hydrogen) atoms. The van der Waals surface area contributed by atoms with Gasteiger partial charge >= 0.3 is 11.9 Å². The molecule has 0 amide bonds. The van der Waals surface area contributed by atoms with Crippen LogP contribution in [0.4, 0.5) is 0 Å². The lowest BCUT2D eigenvalue weighted by molar-refractivity contribution is -0.870. The predicted molar refractivity (Wildman–Crippen MR) is 433 cm³/mol. The lowest BCUT2D eigenvalue weighted by Gasteiger charge is -2.28. The van der Waals surface area contributed by atoms with E-state index in [-0.39, 0.29) is 26.1 Å². The Labute approximate surface area is 610 Å². The Morgan fingerprint density at radius 1 is 0.310 bits per heavy atom. The van der Waals surface area contributed by atoms with Crippen molar-refractivity contribution in [2.75, 3.05) is 47.5 Å². The molecule has 0 spiro atoms. The van der Waals surface area contributed by atoms with Gasteiger partial charge in [0.1, 0.15) is 19.8 Å². The van der Waals surface area contributed by atoms with Crippen molar-refractivity contribution in [2.24, 2.45) is 0 Å². The molecule has 0 aliphatic rings. The Hall–Kier alpha value is -6.97. The van der Waals surface area contributed by atoms with Crippen molar-refractivity contribution in [1.29, 1.82) is 0 Å². The van der Waals surface area contributed by atoms with E-state index in [4.69, 9.17) is 18.5 Å². The smallest absolute Gasteiger partial charge is 0.306 e. The minimum Gasteiger partial charge on any atom is -0.756 e. The Balaban J connectivity index is 4.30. The Morgan fingerprint density at radius 2 is 0.540 bits per heavy atom. The fraction of sp³-hybridized carbons (Fsp3) is 0.467. The fourth-order valence-electron chi connectivity index (χ4n) is 8.76. The Kier molecular flexibility index (Phi) is 70.9. The summed E-state index contributed by atoms with van der Waals surface area (Å²) in [4.78, 5) is 38.1. The van der Waals surface area contributed by atoms with Crippen molar-refractivity contribution < 1.29 is 42.1 Å². The van der Waals surface area contributed by atoms with Crippen LogP contribution in [0.5, 0.6) is 0 Å². The molecule has 0 radical (unpaired) electrons. The molecule has 0 aromatic rings. The zero-order valence-electron chi connectivity index (χ0n) is 62.8. The van der Waals surface area contributed by atoms with Gasteiger partial charge in [-0.2, -0.15) is 0 Å². The standard InChI is InChI=1S/C90H134NO8P/c1-6-8-10-12-14-16-18-20-22-24-26-28-30-32-34-36-38-40-42-44-45-47-49-51-53-55-57-59-61-63-65-67-69-71-73-75-77-79-81-83-90(93)99-88(87-98-100(94,95)97-85-84-91(3,4)5)86-96-89(92)82-80-78-76-74-72-70-68-66-64-62-60-58-56-54-52-50-48-46-43-41-39-37-35-33-31-29-27-25-23-21-19-17-15-13-11-9-7-2/h8-11,14-17,20-23,26-29,32-35,38-41,44-46,48-49,51-52,54-55,57-58,60-61,63-64,66-67,69-70,72-73,75,88H,6-7,12-13,18-19,24-25,30-31,36-37,42-43,47,50,53,56,59,62,65,68,71,74,76-87H2,1-5H3/b10-8-,11-9-,16-14-,17-15-,22-20-,23-21-,28-26-,29-27-,34-32-,35-33-,40-38-,41-39-,45-44-,48-46-,51-49-,54-52-,57-55-,60-58-,63-61-,66-64-,69-67-,72-70-,75-73-. The number of phosphoric ester groups is 1. The van der Waals surface area contributed by atoms with Crippen LogP contribution in [0.2, 0.25) is 0 Å². The number of unbranched alkanes of at least 4 members (excludes halogenated alkanes) is 5. The van der Waals surface area contributed by atoms with E-state index in [0.29, 0.717) is 23.9 Å². The van der Waals surface area contributed by atoms with Gasteiger partial charge in [-0.25, -0.2) is 0 Å². The van der Waals surface area contributed by atoms with Crippen LogP contribution in [0, 0.1) is 0 Å². The highest BCUT2D eigenvalue weighted by Gasteiger charge is 2.22. The van der Waals surface area contributed by atoms with Gasteiger partial charge < -0.3 is 27.9 Å². The molecule has 0 aromatic heterocycles. The molecule has 0 fully saturated rings. The number of quaternary nitrogens is 1. The van der Waals surface area contributed by atoms with Crippen LogP contribution in [-0.2, 0) is 32.7 Å². The summed E-state index contributed by atoms with van der Waals surface area (Å²) in [6.45, 7) is 3.87. The molecule has 0 aromatic carbocycles. The number of rotatable bonds is 65. The molecule has 10 heteroatoms. The van der Waals surface area contributed by atoms with Crippen LogP contribution in [0.1, 0.15) is 219 Å². The van der Waals surface area contributed by atoms with Gasteiger partial charge in [-0.15, -0.1) is 0 Å². The van der Waals surface area contributed by atoms with Gasteiger partial charge in [0.05, 0.1) is 27.7 Å². The topological polar surface area (TPSA) is 111 Å². The normalized spacial score (nSPS) is 14.7. The molecular weight excluding hydrogens is 1250 g/mol. The molecular formula is C90H134NO8P. The SMILES string of the molecule is CC/C=C\C/C=C\C/C=C\C/C=C\C/C=C\C/C=C\C/C=C\C/C=C\C/C=C\C/C=C\C/C=C\C/C=C\CCCCC(=O)OC(COC(=O)CCCCC/C=C\C/C=C\C/C=C\C/C=C\C/C=C\C/C=C\C/C=C\C/C=C\C/C=C\C/C=C\C/C=C\CC)COP(=O)([O-])OCC[N+](C)(C)C. The number of nitrogens with zero attached hydrogens (tertiary/aromatic N) is 1. The maximum atomic E-state index is 12.9. The monoisotopic (exact) mass is 1390 g/mol. The first-order valence-electron chi connectivity index (χ1n) is 37.7. The highest BCUT2D eigenvalue weighted by molar-refractivity contribution is 7.45. The van der Waals surface area contributed by atoms with Crippen LogP contribution in [0.3, 0.4) is 0 Å². The molecule has 552 valence electrons. The highest BCUT2D eigenvalue weighted by Crippen LogP contribution is 2.38. The van der Waals surface area contributed by atoms with Gasteiger partial charge in [-0.1, -0.05) is 300 Å². The largest absolute Gasteiger partial charge is 0.756 e. The third-order valence-electron chi connectivity index (χ3n) is 14.4. The van der Waals surface area contributed by atoms with E-state index in [1.54, 1.807) is 0 Å². The van der Waals surface area contributed by atoms with Crippen LogP contribution in [0.15, 0.2) is 279 Å². The lowest BCUT2D eigenvalue weighted by atomic mass is 10.1. The van der Waals surface area contributed by atoms with E-state index in [1.807, 2.05) is 21.1 Å². The first kappa shape index (κ1) is 93.0. The van der Waals surface area contributed by atoms with Crippen molar-refractivity contribution in [3.8, 4) is 0 Å². The third kappa shape index (κ3) is 80.0. The summed E-state index contributed by atoms with van der Waals surface area (Å²) in [6.07, 6.45) is 129. The third-order valence-corrected chi connectivity index (χ3v) is 15.4. The van der Waals surface area contributed by atoms with Gasteiger partial charge in [-0.3, -0.25) is 14.2 Å². The summed E-state index contributed by atoms with van der Waals surface area (Å²) in [5, 5.41) is 0. The molecule has 0 aliphatic heterocycles. The van der Waals surface area contributed by atoms with Gasteiger partial charge in [0, 0.05) is 12.8 Å². The summed E-state index contributed by atoms with van der Waals surface area (Å²) in [6, 6.07) is 0. The quantitative estimate of drug-likeness (QED) is 0.0195. The minimum atomic E-state index is -4.69. The maximum absolute atomic E-state index is 12.9. The van der Waals surface area contributed by atoms with Crippen LogP contribution in [-0.4, -0.2) is 70.0 Å². The number of carbonyl (C=O) groups excluding carboxylic acids is 2. The van der Waals surface area contributed by atoms with Gasteiger partial charge in [-0.05, 0) is 186 Å². The minimum absolute atomic E-state index is 0.0619. The van der Waals surface area contributed by atoms with Crippen molar-refractivity contribution in [3.63, 3.8) is 0 Å². The van der Waals surface area contributed by atoms with Gasteiger partial charge in [0.25, 0.3) is 7.82 Å². The van der Waals surface area contributed by atoms with Crippen molar-refractivity contribution >= 4 is 19.8 Å². The second kappa shape index (κ2) is 76.2. The van der Waals surface area contributed by atoms with Crippen LogP contribution in [0.25, 0.3) is 0 Å². The van der Waals surface area contributed by atoms with Crippen LogP contribution >= 0.6 is 7.82 Å². The molecule has 0 rings (SSSR count). The molecule has 0 N–H and O–H groups in total. The van der Waals surface area contributed by atoms with E-state index in [9.17, 15) is 19.0 Å². The predicted octanol–water partition coefficient (Wildman–Crippen LogP) is 25.0. The molecule has 0 saturated carbocycles. The Morgan fingerprint density at radius 3 is 0.800 bits per heavy atom. The zero-order chi connectivity index (χ0) is 72.5. The van der Waals surface area contributed by atoms with E-state index in [2.05, 4.69) is 293 Å². The fourth-order valence-corrected chi connectivity index (χ4v) is 9.49. The number of carbonyl (C=O) groups is 2. The number of hydrogen-bond acceptors (Lipinski definition) is 8. The van der Waals surface area contributed by atoms with E-state index >= 15 is 0 Å². The highest BCUT2D eigenvalue weighted by atomic mass is 31.2. The van der Waals surface area contributed by atoms with Crippen molar-refractivity contribution in [2.45, 2.75) is 225 Å². The summed E-state index contributed by atoms with van der Waals surface area (Å²) >= 11 is 0. The second-order valence-electron chi connectivity index (χ2n) is 24.8. The van der Waals surface area contributed by atoms with Crippen LogP contribution < -0.4 is 4.89 Å². The van der Waals surface area contributed by atoms with Crippen molar-refractivity contribution in [3.05, 3.63) is 279 Å². The lowest BCUT2D eigenvalue weighted by Crippen LogP contribution is -2.37. The first-order valence-corrected chi connectivity index (χ1v) is 39.2. The number of allylic oxidation sites excluding steroid dienone is 46. The number of ether oxygens (including phenoxy) is 2. The van der Waals surface area contributed by atoms with Gasteiger partial charge in [0.2, 0.25) is 0 Å². The summed E-state index contributed by atoms with van der Waals surface area (Å²) in [7, 11) is 1.07. The number of likely N-dealkylation sites (N-methyl/N-ethyl adjacent to an activating group) is 1.